The van der Waals surface area contributed by atoms with Gasteiger partial charge >= 0.3 is 0 Å². The van der Waals surface area contributed by atoms with Crippen LogP contribution >= 0.6 is 0 Å². The van der Waals surface area contributed by atoms with Crippen LogP contribution in [0.3, 0.4) is 0 Å². The SMILES string of the molecule is Cc1ccccc1CN1C(=O)C(O)(CC(=O)c2ccc(F)cc2)c2ccccc21. The van der Waals surface area contributed by atoms with E-state index < -0.39 is 29.5 Å². The lowest BCUT2D eigenvalue weighted by atomic mass is 9.88. The molecule has 146 valence electrons. The fourth-order valence-corrected chi connectivity index (χ4v) is 3.76. The number of Topliss-reactive ketones (excluding diaryl/α,β-unsaturated/α-hetero) is 1. The second kappa shape index (κ2) is 7.26. The maximum Gasteiger partial charge on any atom is 0.264 e. The van der Waals surface area contributed by atoms with Gasteiger partial charge in [0.15, 0.2) is 11.4 Å². The summed E-state index contributed by atoms with van der Waals surface area (Å²) in [4.78, 5) is 27.5. The van der Waals surface area contributed by atoms with Crippen LogP contribution < -0.4 is 4.90 Å². The van der Waals surface area contributed by atoms with Gasteiger partial charge in [0.2, 0.25) is 0 Å². The molecule has 4 rings (SSSR count). The average Bonchev–Trinajstić information content (AvgIpc) is 2.92. The van der Waals surface area contributed by atoms with Crippen LogP contribution in [-0.4, -0.2) is 16.8 Å². The van der Waals surface area contributed by atoms with E-state index in [0.29, 0.717) is 17.8 Å². The van der Waals surface area contributed by atoms with Crippen LogP contribution in [0.2, 0.25) is 0 Å². The van der Waals surface area contributed by atoms with Crippen molar-refractivity contribution in [1.29, 1.82) is 0 Å². The average molecular weight is 389 g/mol. The van der Waals surface area contributed by atoms with Crippen LogP contribution in [0.1, 0.15) is 33.5 Å². The number of para-hydroxylation sites is 1. The van der Waals surface area contributed by atoms with Gasteiger partial charge in [0, 0.05) is 11.1 Å². The third-order valence-electron chi connectivity index (χ3n) is 5.41. The highest BCUT2D eigenvalue weighted by atomic mass is 19.1. The summed E-state index contributed by atoms with van der Waals surface area (Å²) in [5, 5.41) is 11.3. The van der Waals surface area contributed by atoms with Gasteiger partial charge in [0.1, 0.15) is 5.82 Å². The molecule has 3 aromatic carbocycles. The number of hydrogen-bond acceptors (Lipinski definition) is 3. The molecule has 0 bridgehead atoms. The number of nitrogens with zero attached hydrogens (tertiary/aromatic N) is 1. The highest BCUT2D eigenvalue weighted by molar-refractivity contribution is 6.10. The second-order valence-electron chi connectivity index (χ2n) is 7.30. The summed E-state index contributed by atoms with van der Waals surface area (Å²) in [7, 11) is 0. The summed E-state index contributed by atoms with van der Waals surface area (Å²) in [6.07, 6.45) is -0.404. The van der Waals surface area contributed by atoms with Crippen molar-refractivity contribution in [3.8, 4) is 0 Å². The van der Waals surface area contributed by atoms with Crippen LogP contribution in [0, 0.1) is 12.7 Å². The number of hydrogen-bond donors (Lipinski definition) is 1. The molecule has 1 atom stereocenters. The minimum atomic E-state index is -1.95. The van der Waals surface area contributed by atoms with Crippen LogP contribution in [-0.2, 0) is 16.9 Å². The molecule has 0 aliphatic carbocycles. The number of carbonyl (C=O) groups excluding carboxylic acids is 2. The standard InChI is InChI=1S/C24H20FNO3/c1-16-6-2-3-7-18(16)15-26-21-9-5-4-8-20(21)24(29,23(26)28)14-22(27)17-10-12-19(25)13-11-17/h2-13,29H,14-15H2,1H3. The van der Waals surface area contributed by atoms with Crippen molar-refractivity contribution >= 4 is 17.4 Å². The van der Waals surface area contributed by atoms with E-state index in [2.05, 4.69) is 0 Å². The predicted octanol–water partition coefficient (Wildman–Crippen LogP) is 4.14. The Labute approximate surface area is 168 Å². The van der Waals surface area contributed by atoms with E-state index >= 15 is 0 Å². The Morgan fingerprint density at radius 1 is 1.00 bits per heavy atom. The summed E-state index contributed by atoms with van der Waals surface area (Å²) < 4.78 is 13.2. The van der Waals surface area contributed by atoms with Crippen molar-refractivity contribution in [2.24, 2.45) is 0 Å². The van der Waals surface area contributed by atoms with E-state index in [4.69, 9.17) is 0 Å². The molecule has 1 N–H and O–H groups in total. The molecule has 0 saturated heterocycles. The van der Waals surface area contributed by atoms with Gasteiger partial charge in [0.05, 0.1) is 18.7 Å². The number of benzene rings is 3. The zero-order valence-electron chi connectivity index (χ0n) is 15.9. The van der Waals surface area contributed by atoms with Crippen LogP contribution in [0.25, 0.3) is 0 Å². The Bertz CT molecular complexity index is 1090. The van der Waals surface area contributed by atoms with Crippen molar-refractivity contribution in [2.45, 2.75) is 25.5 Å². The number of carbonyl (C=O) groups is 2. The van der Waals surface area contributed by atoms with E-state index in [1.54, 1.807) is 24.3 Å². The molecule has 3 aromatic rings. The van der Waals surface area contributed by atoms with Crippen LogP contribution in [0.15, 0.2) is 72.8 Å². The number of fused-ring (bicyclic) bond motifs is 1. The fourth-order valence-electron chi connectivity index (χ4n) is 3.76. The van der Waals surface area contributed by atoms with E-state index in [1.165, 1.54) is 29.2 Å². The summed E-state index contributed by atoms with van der Waals surface area (Å²) in [5.74, 6) is -1.40. The predicted molar refractivity (Wildman–Crippen MR) is 108 cm³/mol. The molecule has 1 amide bonds. The molecular formula is C24H20FNO3. The van der Waals surface area contributed by atoms with E-state index in [9.17, 15) is 19.1 Å². The molecule has 0 fully saturated rings. The van der Waals surface area contributed by atoms with Crippen molar-refractivity contribution in [1.82, 2.24) is 0 Å². The molecule has 4 nitrogen and oxygen atoms in total. The monoisotopic (exact) mass is 389 g/mol. The topological polar surface area (TPSA) is 57.6 Å². The normalized spacial score (nSPS) is 18.0. The van der Waals surface area contributed by atoms with Gasteiger partial charge in [-0.1, -0.05) is 42.5 Å². The number of amides is 1. The number of ketones is 1. The second-order valence-corrected chi connectivity index (χ2v) is 7.30. The Hall–Kier alpha value is -3.31. The number of aliphatic hydroxyl groups is 1. The van der Waals surface area contributed by atoms with Gasteiger partial charge < -0.3 is 10.0 Å². The number of halogens is 1. The molecule has 0 aromatic heterocycles. The lowest BCUT2D eigenvalue weighted by molar-refractivity contribution is -0.136. The lowest BCUT2D eigenvalue weighted by Gasteiger charge is -2.23. The van der Waals surface area contributed by atoms with Gasteiger partial charge in [-0.05, 0) is 48.4 Å². The molecule has 1 aliphatic rings. The Morgan fingerprint density at radius 3 is 2.38 bits per heavy atom. The highest BCUT2D eigenvalue weighted by Gasteiger charge is 2.50. The maximum atomic E-state index is 13.3. The molecule has 0 radical (unpaired) electrons. The summed E-state index contributed by atoms with van der Waals surface area (Å²) in [6, 6.07) is 19.8. The van der Waals surface area contributed by atoms with Crippen molar-refractivity contribution in [2.75, 3.05) is 4.90 Å². The summed E-state index contributed by atoms with van der Waals surface area (Å²) >= 11 is 0. The van der Waals surface area contributed by atoms with Gasteiger partial charge in [-0.2, -0.15) is 0 Å². The highest BCUT2D eigenvalue weighted by Crippen LogP contribution is 2.43. The van der Waals surface area contributed by atoms with Gasteiger partial charge in [-0.25, -0.2) is 4.39 Å². The first kappa shape index (κ1) is 19.0. The van der Waals surface area contributed by atoms with Gasteiger partial charge in [-0.15, -0.1) is 0 Å². The van der Waals surface area contributed by atoms with Crippen molar-refractivity contribution in [3.05, 3.63) is 101 Å². The smallest absolute Gasteiger partial charge is 0.264 e. The Morgan fingerprint density at radius 2 is 1.66 bits per heavy atom. The number of aryl methyl sites for hydroxylation is 1. The minimum Gasteiger partial charge on any atom is -0.375 e. The van der Waals surface area contributed by atoms with Gasteiger partial charge in [-0.3, -0.25) is 9.59 Å². The van der Waals surface area contributed by atoms with Crippen molar-refractivity contribution < 1.29 is 19.1 Å². The molecule has 0 spiro atoms. The zero-order valence-corrected chi connectivity index (χ0v) is 15.9. The van der Waals surface area contributed by atoms with Crippen molar-refractivity contribution in [3.63, 3.8) is 0 Å². The number of rotatable bonds is 5. The molecule has 1 unspecified atom stereocenters. The zero-order chi connectivity index (χ0) is 20.6. The molecular weight excluding hydrogens is 369 g/mol. The first-order valence-corrected chi connectivity index (χ1v) is 9.37. The van der Waals surface area contributed by atoms with Crippen LogP contribution in [0.5, 0.6) is 0 Å². The van der Waals surface area contributed by atoms with Crippen LogP contribution in [0.4, 0.5) is 10.1 Å². The molecule has 1 heterocycles. The fraction of sp³-hybridized carbons (Fsp3) is 0.167. The third-order valence-corrected chi connectivity index (χ3v) is 5.41. The quantitative estimate of drug-likeness (QED) is 0.667. The lowest BCUT2D eigenvalue weighted by Crippen LogP contribution is -2.41. The summed E-state index contributed by atoms with van der Waals surface area (Å²) in [6.45, 7) is 2.27. The Balaban J connectivity index is 1.69. The maximum absolute atomic E-state index is 13.3. The first-order chi connectivity index (χ1) is 13.9. The number of anilines is 1. The Kier molecular flexibility index (Phi) is 4.76. The largest absolute Gasteiger partial charge is 0.375 e. The van der Waals surface area contributed by atoms with Gasteiger partial charge in [0.25, 0.3) is 5.91 Å². The molecule has 29 heavy (non-hydrogen) atoms. The molecule has 0 saturated carbocycles. The van der Waals surface area contributed by atoms with E-state index in [0.717, 1.165) is 11.1 Å². The van der Waals surface area contributed by atoms with E-state index in [1.807, 2.05) is 31.2 Å². The molecule has 1 aliphatic heterocycles. The first-order valence-electron chi connectivity index (χ1n) is 9.37. The third kappa shape index (κ3) is 3.34. The molecule has 5 heteroatoms. The minimum absolute atomic E-state index is 0.252. The summed E-state index contributed by atoms with van der Waals surface area (Å²) in [5.41, 5.74) is 1.30. The van der Waals surface area contributed by atoms with E-state index in [-0.39, 0.29) is 5.56 Å².